The van der Waals surface area contributed by atoms with Crippen LogP contribution in [0.2, 0.25) is 0 Å². The number of hydrogen-bond acceptors (Lipinski definition) is 4. The van der Waals surface area contributed by atoms with E-state index in [1.54, 1.807) is 0 Å². The van der Waals surface area contributed by atoms with Gasteiger partial charge >= 0.3 is 0 Å². The first-order valence-electron chi connectivity index (χ1n) is 9.58. The molecule has 1 aliphatic carbocycles. The van der Waals surface area contributed by atoms with Crippen LogP contribution in [0.4, 0.5) is 0 Å². The van der Waals surface area contributed by atoms with E-state index in [1.165, 1.54) is 0 Å². The van der Waals surface area contributed by atoms with Crippen molar-refractivity contribution < 1.29 is 13.2 Å². The molecule has 6 nitrogen and oxygen atoms in total. The van der Waals surface area contributed by atoms with Gasteiger partial charge in [0.05, 0.1) is 11.8 Å². The first-order chi connectivity index (χ1) is 13.4. The number of hydrogen-bond donors (Lipinski definition) is 2. The summed E-state index contributed by atoms with van der Waals surface area (Å²) in [5.74, 6) is 0.244. The summed E-state index contributed by atoms with van der Waals surface area (Å²) in [4.78, 5) is 14.9. The Kier molecular flexibility index (Phi) is 5.23. The van der Waals surface area contributed by atoms with Crippen molar-refractivity contribution in [1.29, 1.82) is 0 Å². The van der Waals surface area contributed by atoms with Crippen LogP contribution >= 0.6 is 0 Å². The van der Waals surface area contributed by atoms with Gasteiger partial charge in [-0.2, -0.15) is 0 Å². The van der Waals surface area contributed by atoms with E-state index in [-0.39, 0.29) is 29.7 Å². The Morgan fingerprint density at radius 1 is 1.04 bits per heavy atom. The average Bonchev–Trinajstić information content (AvgIpc) is 2.89. The molecule has 3 N–H and O–H groups in total. The number of primary sulfonamides is 1. The molecule has 1 aliphatic heterocycles. The molecule has 2 aromatic rings. The Morgan fingerprint density at radius 2 is 1.71 bits per heavy atom. The minimum Gasteiger partial charge on any atom is -0.326 e. The highest BCUT2D eigenvalue weighted by molar-refractivity contribution is 7.89. The van der Waals surface area contributed by atoms with Gasteiger partial charge in [-0.25, -0.2) is 13.6 Å². The van der Waals surface area contributed by atoms with Crippen LogP contribution in [0.25, 0.3) is 0 Å². The van der Waals surface area contributed by atoms with E-state index in [4.69, 9.17) is 5.14 Å². The number of rotatable bonds is 7. The molecule has 7 heteroatoms. The Labute approximate surface area is 165 Å². The van der Waals surface area contributed by atoms with Gasteiger partial charge in [-0.1, -0.05) is 48.5 Å². The fourth-order valence-corrected chi connectivity index (χ4v) is 5.20. The van der Waals surface area contributed by atoms with Crippen LogP contribution in [0.5, 0.6) is 0 Å². The summed E-state index contributed by atoms with van der Waals surface area (Å²) in [7, 11) is -3.41. The monoisotopic (exact) mass is 399 g/mol. The number of carbonyl (C=O) groups excluding carboxylic acids is 1. The lowest BCUT2D eigenvalue weighted by Crippen LogP contribution is -2.47. The minimum absolute atomic E-state index is 0.0267. The van der Waals surface area contributed by atoms with Crippen LogP contribution in [-0.2, 0) is 16.6 Å². The maximum Gasteiger partial charge on any atom is 0.255 e. The van der Waals surface area contributed by atoms with E-state index >= 15 is 0 Å². The van der Waals surface area contributed by atoms with E-state index in [1.807, 2.05) is 59.5 Å². The SMILES string of the molecule is NS(=O)(=O)CC1CC(NCC2c3ccccc3C(=O)N2Cc2ccccc2)C1. The third-order valence-corrected chi connectivity index (χ3v) is 6.62. The number of nitrogens with two attached hydrogens (primary N) is 1. The standard InChI is InChI=1S/C21H25N3O3S/c22-28(26,27)14-16-10-17(11-16)23-12-20-18-8-4-5-9-19(18)21(25)24(20)13-15-6-2-1-3-7-15/h1-9,16-17,20,23H,10-14H2,(H2,22,26,27). The van der Waals surface area contributed by atoms with Crippen LogP contribution in [0.1, 0.15) is 40.4 Å². The van der Waals surface area contributed by atoms with Crippen LogP contribution in [0, 0.1) is 5.92 Å². The smallest absolute Gasteiger partial charge is 0.255 e. The Bertz CT molecular complexity index is 956. The summed E-state index contributed by atoms with van der Waals surface area (Å²) in [6, 6.07) is 18.0. The molecule has 1 fully saturated rings. The second kappa shape index (κ2) is 7.66. The van der Waals surface area contributed by atoms with Gasteiger partial charge in [0.2, 0.25) is 10.0 Å². The van der Waals surface area contributed by atoms with Crippen molar-refractivity contribution in [3.05, 3.63) is 71.3 Å². The second-order valence-corrected chi connectivity index (χ2v) is 9.45. The van der Waals surface area contributed by atoms with Crippen molar-refractivity contribution >= 4 is 15.9 Å². The molecule has 1 saturated carbocycles. The summed E-state index contributed by atoms with van der Waals surface area (Å²) >= 11 is 0. The molecule has 0 saturated heterocycles. The Hall–Kier alpha value is -2.22. The molecular formula is C21H25N3O3S. The highest BCUT2D eigenvalue weighted by Crippen LogP contribution is 2.35. The van der Waals surface area contributed by atoms with Gasteiger partial charge in [0, 0.05) is 24.7 Å². The van der Waals surface area contributed by atoms with Crippen LogP contribution in [0.3, 0.4) is 0 Å². The molecule has 1 unspecified atom stereocenters. The predicted octanol–water partition coefficient (Wildman–Crippen LogP) is 2.04. The van der Waals surface area contributed by atoms with Crippen molar-refractivity contribution in [1.82, 2.24) is 10.2 Å². The van der Waals surface area contributed by atoms with E-state index in [9.17, 15) is 13.2 Å². The molecule has 1 heterocycles. The third kappa shape index (κ3) is 4.11. The summed E-state index contributed by atoms with van der Waals surface area (Å²) in [6.45, 7) is 1.22. The molecule has 1 amide bonds. The third-order valence-electron chi connectivity index (χ3n) is 5.69. The lowest BCUT2D eigenvalue weighted by atomic mass is 9.81. The lowest BCUT2D eigenvalue weighted by molar-refractivity contribution is 0.0699. The zero-order valence-electron chi connectivity index (χ0n) is 15.6. The number of benzene rings is 2. The molecule has 0 spiro atoms. The van der Waals surface area contributed by atoms with Crippen molar-refractivity contribution in [3.63, 3.8) is 0 Å². The van der Waals surface area contributed by atoms with Gasteiger partial charge in [0.25, 0.3) is 5.91 Å². The number of sulfonamides is 1. The number of amides is 1. The first kappa shape index (κ1) is 19.1. The van der Waals surface area contributed by atoms with Gasteiger partial charge in [0.1, 0.15) is 0 Å². The fraction of sp³-hybridized carbons (Fsp3) is 0.381. The molecule has 4 rings (SSSR count). The number of nitrogens with zero attached hydrogens (tertiary/aromatic N) is 1. The largest absolute Gasteiger partial charge is 0.326 e. The normalized spacial score (nSPS) is 24.1. The van der Waals surface area contributed by atoms with Gasteiger partial charge < -0.3 is 10.2 Å². The number of carbonyl (C=O) groups is 1. The Morgan fingerprint density at radius 3 is 2.43 bits per heavy atom. The zero-order chi connectivity index (χ0) is 19.7. The predicted molar refractivity (Wildman–Crippen MR) is 108 cm³/mol. The van der Waals surface area contributed by atoms with Crippen LogP contribution in [0.15, 0.2) is 54.6 Å². The van der Waals surface area contributed by atoms with Gasteiger partial charge in [-0.05, 0) is 36.0 Å². The van der Waals surface area contributed by atoms with E-state index in [0.29, 0.717) is 13.1 Å². The van der Waals surface area contributed by atoms with Crippen LogP contribution in [-0.4, -0.2) is 37.6 Å². The van der Waals surface area contributed by atoms with E-state index < -0.39 is 10.0 Å². The molecule has 0 radical (unpaired) electrons. The fourth-order valence-electron chi connectivity index (χ4n) is 4.27. The molecule has 2 aromatic carbocycles. The highest BCUT2D eigenvalue weighted by atomic mass is 32.2. The van der Waals surface area contributed by atoms with Crippen molar-refractivity contribution in [2.24, 2.45) is 11.1 Å². The second-order valence-electron chi connectivity index (χ2n) is 7.79. The maximum atomic E-state index is 13.0. The summed E-state index contributed by atoms with van der Waals surface area (Å²) in [5.41, 5.74) is 2.92. The molecule has 148 valence electrons. The van der Waals surface area contributed by atoms with E-state index in [0.717, 1.165) is 29.5 Å². The molecule has 0 aromatic heterocycles. The molecule has 2 aliphatic rings. The topological polar surface area (TPSA) is 92.5 Å². The minimum atomic E-state index is -3.41. The summed E-state index contributed by atoms with van der Waals surface area (Å²) < 4.78 is 22.4. The van der Waals surface area contributed by atoms with Gasteiger partial charge in [0.15, 0.2) is 0 Å². The molecule has 28 heavy (non-hydrogen) atoms. The highest BCUT2D eigenvalue weighted by Gasteiger charge is 2.38. The maximum absolute atomic E-state index is 13.0. The molecule has 0 bridgehead atoms. The molecule has 1 atom stereocenters. The quantitative estimate of drug-likeness (QED) is 0.745. The average molecular weight is 400 g/mol. The summed E-state index contributed by atoms with van der Waals surface area (Å²) in [6.07, 6.45) is 1.61. The van der Waals surface area contributed by atoms with Crippen LogP contribution < -0.4 is 10.5 Å². The number of nitrogens with one attached hydrogen (secondary N) is 1. The van der Waals surface area contributed by atoms with E-state index in [2.05, 4.69) is 5.32 Å². The van der Waals surface area contributed by atoms with Crippen molar-refractivity contribution in [2.75, 3.05) is 12.3 Å². The zero-order valence-corrected chi connectivity index (χ0v) is 16.4. The summed E-state index contributed by atoms with van der Waals surface area (Å²) in [5, 5.41) is 8.66. The van der Waals surface area contributed by atoms with Gasteiger partial charge in [-0.3, -0.25) is 4.79 Å². The van der Waals surface area contributed by atoms with Crippen molar-refractivity contribution in [3.8, 4) is 0 Å². The Balaban J connectivity index is 1.43. The number of fused-ring (bicyclic) bond motifs is 1. The first-order valence-corrected chi connectivity index (χ1v) is 11.3. The van der Waals surface area contributed by atoms with Crippen molar-refractivity contribution in [2.45, 2.75) is 31.5 Å². The molecular weight excluding hydrogens is 374 g/mol. The lowest BCUT2D eigenvalue weighted by Gasteiger charge is -2.37. The van der Waals surface area contributed by atoms with Gasteiger partial charge in [-0.15, -0.1) is 0 Å².